The molecule has 324 valence electrons. The van der Waals surface area contributed by atoms with Gasteiger partial charge in [-0.25, -0.2) is 9.78 Å². The fourth-order valence-corrected chi connectivity index (χ4v) is 10.4. The van der Waals surface area contributed by atoms with Crippen LogP contribution in [0.1, 0.15) is 33.6 Å². The molecule has 17 heteroatoms. The lowest BCUT2D eigenvalue weighted by atomic mass is 9.93. The second-order valence-electron chi connectivity index (χ2n) is 17.8. The lowest BCUT2D eigenvalue weighted by Crippen LogP contribution is -2.63. The van der Waals surface area contributed by atoms with E-state index >= 15 is 0 Å². The van der Waals surface area contributed by atoms with Crippen molar-refractivity contribution in [3.8, 4) is 16.9 Å². The quantitative estimate of drug-likeness (QED) is 0.127. The number of carbonyl (C=O) groups excluding carboxylic acids is 1. The molecule has 3 aromatic heterocycles. The summed E-state index contributed by atoms with van der Waals surface area (Å²) in [5, 5.41) is 12.9. The number of nitrogens with one attached hydrogen (secondary N) is 2. The molecule has 3 fully saturated rings. The Hall–Kier alpha value is -4.76. The van der Waals surface area contributed by atoms with E-state index in [-0.39, 0.29) is 6.09 Å². The van der Waals surface area contributed by atoms with Crippen molar-refractivity contribution in [3.63, 3.8) is 0 Å². The molecule has 0 aliphatic carbocycles. The number of piperidine rings is 1. The summed E-state index contributed by atoms with van der Waals surface area (Å²) >= 11 is 3.62. The van der Waals surface area contributed by atoms with E-state index < -0.39 is 12.7 Å². The van der Waals surface area contributed by atoms with Crippen LogP contribution in [0.2, 0.25) is 0 Å². The molecule has 6 heterocycles. The summed E-state index contributed by atoms with van der Waals surface area (Å²) in [7, 11) is 0.878. The number of ether oxygens (including phenoxy) is 2. The summed E-state index contributed by atoms with van der Waals surface area (Å²) in [5.74, 6) is 2.19. The average molecular weight is 915 g/mol. The van der Waals surface area contributed by atoms with Crippen molar-refractivity contribution in [3.05, 3.63) is 65.7 Å². The number of piperazine rings is 1. The van der Waals surface area contributed by atoms with Crippen molar-refractivity contribution < 1.29 is 18.8 Å². The zero-order valence-corrected chi connectivity index (χ0v) is 38.7. The first-order valence-electron chi connectivity index (χ1n) is 21.0. The highest BCUT2D eigenvalue weighted by molar-refractivity contribution is 9.10. The van der Waals surface area contributed by atoms with Gasteiger partial charge in [-0.3, -0.25) is 19.5 Å². The molecule has 8 rings (SSSR count). The number of nitrogens with zero attached hydrogens (tertiary/aromatic N) is 9. The van der Waals surface area contributed by atoms with Crippen LogP contribution in [0, 0.1) is 5.92 Å². The Morgan fingerprint density at radius 2 is 1.69 bits per heavy atom. The Labute approximate surface area is 366 Å². The molecule has 2 N–H and O–H groups in total. The molecule has 5 aromatic rings. The fraction of sp³-hybridized carbons (Fsp3) is 0.477. The number of pyridine rings is 1. The highest BCUT2D eigenvalue weighted by Gasteiger charge is 2.38. The third kappa shape index (κ3) is 9.83. The summed E-state index contributed by atoms with van der Waals surface area (Å²) in [5.41, 5.74) is 4.77. The number of hydrogen-bond acceptors (Lipinski definition) is 13. The van der Waals surface area contributed by atoms with Crippen LogP contribution in [-0.2, 0) is 16.3 Å². The molecule has 61 heavy (non-hydrogen) atoms. The fourth-order valence-electron chi connectivity index (χ4n) is 8.65. The van der Waals surface area contributed by atoms with Crippen LogP contribution in [0.15, 0.2) is 65.7 Å². The number of fused-ring (bicyclic) bond motifs is 1. The van der Waals surface area contributed by atoms with E-state index in [0.29, 0.717) is 45.3 Å². The Morgan fingerprint density at radius 1 is 0.951 bits per heavy atom. The zero-order chi connectivity index (χ0) is 43.1. The number of carbonyl (C=O) groups is 1. The number of aromatic nitrogens is 5. The van der Waals surface area contributed by atoms with Crippen molar-refractivity contribution >= 4 is 74.2 Å². The van der Waals surface area contributed by atoms with Crippen molar-refractivity contribution in [2.75, 3.05) is 94.9 Å². The van der Waals surface area contributed by atoms with Crippen LogP contribution in [0.3, 0.4) is 0 Å². The molecule has 3 aliphatic heterocycles. The number of benzene rings is 2. The summed E-state index contributed by atoms with van der Waals surface area (Å²) in [6.07, 6.45) is 9.48. The SMILES string of the molecule is COc1cc(N2CCN(CC3CCN(C4CN(C(=O)OC(C)(C)C)C4)CC3)CC2)c(-c2cnn(C)c2)cc1Nc1ncc(Br)c(Nc2cnc3ccccc3c2P(C)(C)=O)n1. The number of hydrogen-bond donors (Lipinski definition) is 2. The van der Waals surface area contributed by atoms with Gasteiger partial charge in [-0.1, -0.05) is 18.2 Å². The summed E-state index contributed by atoms with van der Waals surface area (Å²) in [6.45, 7) is 17.8. The molecule has 3 aliphatic rings. The van der Waals surface area contributed by atoms with Gasteiger partial charge in [0.2, 0.25) is 5.95 Å². The highest BCUT2D eigenvalue weighted by atomic mass is 79.9. The van der Waals surface area contributed by atoms with Crippen LogP contribution >= 0.6 is 23.1 Å². The normalized spacial score (nSPS) is 17.4. The number of likely N-dealkylation sites (tertiary alicyclic amines) is 2. The minimum Gasteiger partial charge on any atom is -0.494 e. The van der Waals surface area contributed by atoms with Crippen molar-refractivity contribution in [2.24, 2.45) is 13.0 Å². The number of anilines is 5. The van der Waals surface area contributed by atoms with Crippen LogP contribution in [0.25, 0.3) is 22.0 Å². The van der Waals surface area contributed by atoms with Gasteiger partial charge >= 0.3 is 6.09 Å². The van der Waals surface area contributed by atoms with E-state index in [1.165, 1.54) is 12.8 Å². The van der Waals surface area contributed by atoms with E-state index in [2.05, 4.69) is 68.5 Å². The molecule has 3 saturated heterocycles. The first-order valence-corrected chi connectivity index (χ1v) is 24.4. The Bertz CT molecular complexity index is 2430. The molecule has 0 saturated carbocycles. The predicted molar refractivity (Wildman–Crippen MR) is 247 cm³/mol. The van der Waals surface area contributed by atoms with Gasteiger partial charge in [0.25, 0.3) is 0 Å². The second kappa shape index (κ2) is 17.5. The molecule has 0 atom stereocenters. The average Bonchev–Trinajstić information content (AvgIpc) is 3.64. The molecule has 0 spiro atoms. The van der Waals surface area contributed by atoms with E-state index in [1.54, 1.807) is 32.8 Å². The number of rotatable bonds is 11. The number of para-hydroxylation sites is 1. The minimum absolute atomic E-state index is 0.201. The molecule has 0 radical (unpaired) electrons. The van der Waals surface area contributed by atoms with Gasteiger partial charge in [0, 0.05) is 105 Å². The Balaban J connectivity index is 0.937. The van der Waals surface area contributed by atoms with Crippen LogP contribution < -0.4 is 25.6 Å². The van der Waals surface area contributed by atoms with Gasteiger partial charge in [0.05, 0.1) is 40.9 Å². The molecule has 1 amide bonds. The van der Waals surface area contributed by atoms with Gasteiger partial charge in [-0.15, -0.1) is 0 Å². The number of methoxy groups -OCH3 is 1. The lowest BCUT2D eigenvalue weighted by Gasteiger charge is -2.48. The molecule has 15 nitrogen and oxygen atoms in total. The zero-order valence-electron chi connectivity index (χ0n) is 36.2. The van der Waals surface area contributed by atoms with E-state index in [4.69, 9.17) is 14.5 Å². The maximum Gasteiger partial charge on any atom is 0.410 e. The maximum atomic E-state index is 13.6. The molecule has 0 bridgehead atoms. The number of halogens is 1. The summed E-state index contributed by atoms with van der Waals surface area (Å²) in [4.78, 5) is 36.0. The largest absolute Gasteiger partial charge is 0.494 e. The van der Waals surface area contributed by atoms with Gasteiger partial charge in [0.15, 0.2) is 0 Å². The van der Waals surface area contributed by atoms with Crippen LogP contribution in [-0.4, -0.2) is 137 Å². The van der Waals surface area contributed by atoms with E-state index in [0.717, 1.165) is 91.9 Å². The first-order chi connectivity index (χ1) is 29.1. The smallest absolute Gasteiger partial charge is 0.410 e. The highest BCUT2D eigenvalue weighted by Crippen LogP contribution is 2.43. The van der Waals surface area contributed by atoms with Gasteiger partial charge < -0.3 is 34.5 Å². The van der Waals surface area contributed by atoms with Crippen LogP contribution in [0.5, 0.6) is 5.75 Å². The molecule has 2 aromatic carbocycles. The molecular weight excluding hydrogens is 857 g/mol. The molecular formula is C44H57BrN11O4P. The maximum absolute atomic E-state index is 13.6. The van der Waals surface area contributed by atoms with Gasteiger partial charge in [0.1, 0.15) is 24.3 Å². The van der Waals surface area contributed by atoms with Crippen molar-refractivity contribution in [2.45, 2.75) is 45.3 Å². The Kier molecular flexibility index (Phi) is 12.3. The minimum atomic E-state index is -2.73. The number of amides is 1. The van der Waals surface area contributed by atoms with Gasteiger partial charge in [-0.2, -0.15) is 10.1 Å². The van der Waals surface area contributed by atoms with Crippen molar-refractivity contribution in [1.82, 2.24) is 39.4 Å². The summed E-state index contributed by atoms with van der Waals surface area (Å²) < 4.78 is 27.6. The lowest BCUT2D eigenvalue weighted by molar-refractivity contribution is -0.0226. The Morgan fingerprint density at radius 3 is 2.36 bits per heavy atom. The first kappa shape index (κ1) is 42.9. The summed E-state index contributed by atoms with van der Waals surface area (Å²) in [6, 6.07) is 12.4. The van der Waals surface area contributed by atoms with E-state index in [1.807, 2.05) is 74.1 Å². The standard InChI is InChI=1S/C44H57BrN11O4P/c1-44(2,3)60-43(57)56-27-31(28-56)54-14-12-29(13-15-54)25-53-16-18-55(19-17-53)38-21-39(59-5)36(20-33(38)30-22-48-52(4)26-30)50-42-47-23-34(45)41(51-42)49-37-24-46-35-11-9-8-10-32(35)40(37)61(6,7)58/h8-11,20-24,26,29,31H,12-19,25,27-28H2,1-7H3,(H2,47,49,50,51). The monoisotopic (exact) mass is 913 g/mol. The van der Waals surface area contributed by atoms with E-state index in [9.17, 15) is 9.36 Å². The third-order valence-electron chi connectivity index (χ3n) is 11.8. The van der Waals surface area contributed by atoms with Crippen LogP contribution in [0.4, 0.5) is 33.6 Å². The predicted octanol–water partition coefficient (Wildman–Crippen LogP) is 7.38. The van der Waals surface area contributed by atoms with Gasteiger partial charge in [-0.05, 0) is 94.0 Å². The third-order valence-corrected chi connectivity index (χ3v) is 13.9. The van der Waals surface area contributed by atoms with Crippen molar-refractivity contribution in [1.29, 1.82) is 0 Å². The second-order valence-corrected chi connectivity index (χ2v) is 21.8. The topological polar surface area (TPSA) is 146 Å². The number of aryl methyl sites for hydroxylation is 1. The molecule has 0 unspecified atom stereocenters.